The fraction of sp³-hybridized carbons (Fsp3) is 1.00. The Morgan fingerprint density at radius 2 is 0.658 bits per heavy atom. The monoisotopic (exact) mass is 522 g/mol. The second kappa shape index (κ2) is 7.07. The lowest BCUT2D eigenvalue weighted by Crippen LogP contribution is -2.83. The zero-order valence-corrected chi connectivity index (χ0v) is 23.4. The summed E-state index contributed by atoms with van der Waals surface area (Å²) in [5.74, 6) is 14.6. The van der Waals surface area contributed by atoms with E-state index in [9.17, 15) is 20.4 Å². The fourth-order valence-electron chi connectivity index (χ4n) is 18.3. The second-order valence-electron chi connectivity index (χ2n) is 17.3. The predicted molar refractivity (Wildman–Crippen MR) is 142 cm³/mol. The van der Waals surface area contributed by atoms with Crippen LogP contribution < -0.4 is 0 Å². The summed E-state index contributed by atoms with van der Waals surface area (Å²) in [5.41, 5.74) is 1.03. The molecule has 12 fully saturated rings. The van der Waals surface area contributed by atoms with Gasteiger partial charge in [0.2, 0.25) is 0 Å². The first kappa shape index (κ1) is 23.4. The summed E-state index contributed by atoms with van der Waals surface area (Å²) in [6, 6.07) is 0. The molecule has 12 aliphatic carbocycles. The van der Waals surface area contributed by atoms with E-state index >= 15 is 0 Å². The zero-order valence-electron chi connectivity index (χ0n) is 23.4. The molecule has 0 amide bonds. The van der Waals surface area contributed by atoms with Crippen molar-refractivity contribution >= 4 is 0 Å². The summed E-state index contributed by atoms with van der Waals surface area (Å²) in [4.78, 5) is 0. The van der Waals surface area contributed by atoms with Crippen LogP contribution in [0.1, 0.15) is 52.4 Å². The SMILES string of the molecule is CC12[C@@H]3[C@@H]4C[C@@H]([C@@H]5[C@H]4[C@@H]4CC[C@@H]5C(CO)C4CO)[C@@H]3C1(C)[C@@H]1[C@@H]3C[C@@H]([C@H]4[C@H]5CC[C@H]([C@@H](CO)[C@@H]5CO)[C@@H]34)[C@@H]12. The molecule has 4 heteroatoms. The van der Waals surface area contributed by atoms with Crippen LogP contribution in [0, 0.1) is 129 Å². The Hall–Kier alpha value is -0.160. The molecule has 0 heterocycles. The molecule has 22 atom stereocenters. The number of fused-ring (bicyclic) bond motifs is 19. The van der Waals surface area contributed by atoms with Gasteiger partial charge in [0.25, 0.3) is 0 Å². The molecule has 12 rings (SSSR count). The minimum Gasteiger partial charge on any atom is -0.396 e. The van der Waals surface area contributed by atoms with Gasteiger partial charge in [-0.1, -0.05) is 13.8 Å². The summed E-state index contributed by atoms with van der Waals surface area (Å²) < 4.78 is 0. The molecule has 12 aliphatic rings. The molecule has 0 aromatic heterocycles. The molecule has 38 heavy (non-hydrogen) atoms. The normalized spacial score (nSPS) is 72.5. The lowest BCUT2D eigenvalue weighted by atomic mass is 9.17. The van der Waals surface area contributed by atoms with E-state index in [4.69, 9.17) is 0 Å². The van der Waals surface area contributed by atoms with Crippen LogP contribution in [0.15, 0.2) is 0 Å². The van der Waals surface area contributed by atoms with Crippen LogP contribution in [0.2, 0.25) is 0 Å². The van der Waals surface area contributed by atoms with Crippen LogP contribution in [0.4, 0.5) is 0 Å². The van der Waals surface area contributed by atoms with Gasteiger partial charge in [0.1, 0.15) is 0 Å². The molecular weight excluding hydrogens is 472 g/mol. The Balaban J connectivity index is 1.03. The maximum Gasteiger partial charge on any atom is 0.0465 e. The third-order valence-electron chi connectivity index (χ3n) is 18.3. The molecule has 4 N–H and O–H groups in total. The van der Waals surface area contributed by atoms with Gasteiger partial charge in [0.05, 0.1) is 0 Å². The number of aliphatic hydroxyl groups is 4. The highest BCUT2D eigenvalue weighted by Gasteiger charge is 2.92. The second-order valence-corrected chi connectivity index (χ2v) is 17.3. The Morgan fingerprint density at radius 3 is 0.868 bits per heavy atom. The van der Waals surface area contributed by atoms with E-state index in [1.165, 1.54) is 38.5 Å². The predicted octanol–water partition coefficient (Wildman–Crippen LogP) is 3.77. The number of hydrogen-bond acceptors (Lipinski definition) is 4. The van der Waals surface area contributed by atoms with Crippen molar-refractivity contribution < 1.29 is 20.4 Å². The first-order valence-electron chi connectivity index (χ1n) is 16.9. The van der Waals surface area contributed by atoms with Crippen LogP contribution in [0.3, 0.4) is 0 Å². The van der Waals surface area contributed by atoms with Crippen LogP contribution in [0.5, 0.6) is 0 Å². The van der Waals surface area contributed by atoms with E-state index in [2.05, 4.69) is 13.8 Å². The van der Waals surface area contributed by atoms with Crippen molar-refractivity contribution in [3.63, 3.8) is 0 Å². The smallest absolute Gasteiger partial charge is 0.0465 e. The van der Waals surface area contributed by atoms with Gasteiger partial charge in [-0.05, 0) is 168 Å². The molecule has 0 aromatic rings. The number of hydrogen-bond donors (Lipinski definition) is 4. The summed E-state index contributed by atoms with van der Waals surface area (Å²) in [5, 5.41) is 41.7. The highest BCUT2D eigenvalue weighted by atomic mass is 16.3. The Labute approximate surface area is 228 Å². The largest absolute Gasteiger partial charge is 0.396 e. The number of rotatable bonds is 4. The minimum absolute atomic E-state index is 0.289. The van der Waals surface area contributed by atoms with Gasteiger partial charge in [-0.2, -0.15) is 0 Å². The summed E-state index contributed by atoms with van der Waals surface area (Å²) in [6.45, 7) is 6.69. The Morgan fingerprint density at radius 1 is 0.421 bits per heavy atom. The third-order valence-corrected chi connectivity index (χ3v) is 18.3. The van der Waals surface area contributed by atoms with Crippen LogP contribution in [0.25, 0.3) is 0 Å². The molecule has 0 radical (unpaired) electrons. The molecule has 12 saturated carbocycles. The summed E-state index contributed by atoms with van der Waals surface area (Å²) >= 11 is 0. The van der Waals surface area contributed by atoms with E-state index in [1.54, 1.807) is 0 Å². The molecule has 0 saturated heterocycles. The van der Waals surface area contributed by atoms with E-state index in [0.29, 0.717) is 58.2 Å². The highest BCUT2D eigenvalue weighted by molar-refractivity contribution is 5.38. The van der Waals surface area contributed by atoms with Crippen LogP contribution >= 0.6 is 0 Å². The third kappa shape index (κ3) is 2.02. The first-order valence-corrected chi connectivity index (χ1v) is 16.9. The van der Waals surface area contributed by atoms with Crippen molar-refractivity contribution in [1.29, 1.82) is 0 Å². The van der Waals surface area contributed by atoms with Crippen LogP contribution in [-0.4, -0.2) is 46.9 Å². The van der Waals surface area contributed by atoms with Gasteiger partial charge in [0.15, 0.2) is 0 Å². The summed E-state index contributed by atoms with van der Waals surface area (Å²) in [7, 11) is 0. The van der Waals surface area contributed by atoms with Crippen molar-refractivity contribution in [1.82, 2.24) is 0 Å². The van der Waals surface area contributed by atoms with E-state index in [0.717, 1.165) is 71.0 Å². The lowest BCUT2D eigenvalue weighted by molar-refractivity contribution is -0.402. The first-order chi connectivity index (χ1) is 18.5. The molecule has 0 spiro atoms. The van der Waals surface area contributed by atoms with Gasteiger partial charge < -0.3 is 20.4 Å². The van der Waals surface area contributed by atoms with Crippen molar-refractivity contribution in [2.45, 2.75) is 52.4 Å². The van der Waals surface area contributed by atoms with Crippen molar-refractivity contribution in [3.8, 4) is 0 Å². The van der Waals surface area contributed by atoms with Gasteiger partial charge in [-0.3, -0.25) is 0 Å². The van der Waals surface area contributed by atoms with E-state index < -0.39 is 0 Å². The van der Waals surface area contributed by atoms with E-state index in [1.807, 2.05) is 0 Å². The topological polar surface area (TPSA) is 80.9 Å². The average molecular weight is 523 g/mol. The Kier molecular flexibility index (Phi) is 4.35. The quantitative estimate of drug-likeness (QED) is 0.453. The lowest BCUT2D eigenvalue weighted by Gasteiger charge is -2.87. The van der Waals surface area contributed by atoms with Gasteiger partial charge >= 0.3 is 0 Å². The van der Waals surface area contributed by atoms with E-state index in [-0.39, 0.29) is 26.4 Å². The molecule has 0 aromatic carbocycles. The molecule has 4 unspecified atom stereocenters. The molecule has 210 valence electrons. The summed E-state index contributed by atoms with van der Waals surface area (Å²) in [6.07, 6.45) is 8.15. The Bertz CT molecular complexity index is 903. The minimum atomic E-state index is 0.289. The van der Waals surface area contributed by atoms with Gasteiger partial charge in [-0.15, -0.1) is 0 Å². The van der Waals surface area contributed by atoms with Crippen molar-refractivity contribution in [3.05, 3.63) is 0 Å². The van der Waals surface area contributed by atoms with Gasteiger partial charge in [-0.25, -0.2) is 0 Å². The van der Waals surface area contributed by atoms with Gasteiger partial charge in [0, 0.05) is 26.4 Å². The molecule has 0 aliphatic heterocycles. The zero-order chi connectivity index (χ0) is 25.6. The maximum atomic E-state index is 10.4. The maximum absolute atomic E-state index is 10.4. The van der Waals surface area contributed by atoms with Crippen LogP contribution in [-0.2, 0) is 0 Å². The molecule has 8 bridgehead atoms. The average Bonchev–Trinajstić information content (AvgIpc) is 3.73. The van der Waals surface area contributed by atoms with Crippen molar-refractivity contribution in [2.24, 2.45) is 129 Å². The standard InChI is InChI=1S/C34H50O4/c1-33-29-17-7-19(27-15-5-3-13(25(17)27)21(9-35)23(15)11-37)31(29)34(33,2)32-20-8-18(30(32)33)26-14-4-6-16(28(20)26)24(12-38)22(14)10-36/h13-32,35-38H,3-12H2,1-2H3/t13-,14-,15-,16+,17+,18-,19-,20+,21?,22-,23?,24-,25-,26+,27+,28-,29+,30-,31-,32+,33?,34?/m1/s1. The fourth-order valence-corrected chi connectivity index (χ4v) is 18.3. The highest BCUT2D eigenvalue weighted by Crippen LogP contribution is 2.96. The number of aliphatic hydroxyl groups excluding tert-OH is 4. The van der Waals surface area contributed by atoms with Crippen molar-refractivity contribution in [2.75, 3.05) is 26.4 Å². The molecular formula is C34H50O4. The molecule has 4 nitrogen and oxygen atoms in total.